The van der Waals surface area contributed by atoms with Crippen molar-refractivity contribution in [3.63, 3.8) is 0 Å². The summed E-state index contributed by atoms with van der Waals surface area (Å²) in [6.45, 7) is 0. The van der Waals surface area contributed by atoms with Crippen LogP contribution >= 0.6 is 11.6 Å². The maximum absolute atomic E-state index is 12.4. The number of alkyl halides is 3. The van der Waals surface area contributed by atoms with Crippen molar-refractivity contribution >= 4 is 17.3 Å². The minimum absolute atomic E-state index is 0.0110. The van der Waals surface area contributed by atoms with E-state index in [1.54, 1.807) is 0 Å². The highest BCUT2D eigenvalue weighted by atomic mass is 35.5. The fraction of sp³-hybridized carbons (Fsp3) is 0.0909. The highest BCUT2D eigenvalue weighted by molar-refractivity contribution is 6.32. The highest BCUT2D eigenvalue weighted by Crippen LogP contribution is 2.32. The Labute approximate surface area is 111 Å². The number of nitrogen functional groups attached to an aromatic ring is 1. The number of ether oxygens (including phenoxy) is 1. The molecule has 0 fully saturated rings. The standard InChI is InChI=1S/C11H7ClF3N3O/c12-9-8(16)10(18-5-17-9)19-7-3-1-6(2-4-7)11(13,14)15/h1-5H,16H2. The average molecular weight is 290 g/mol. The van der Waals surface area contributed by atoms with Gasteiger partial charge in [0.15, 0.2) is 5.15 Å². The summed E-state index contributed by atoms with van der Waals surface area (Å²) >= 11 is 5.66. The minimum Gasteiger partial charge on any atom is -0.437 e. The van der Waals surface area contributed by atoms with Gasteiger partial charge in [-0.3, -0.25) is 0 Å². The molecule has 0 radical (unpaired) electrons. The zero-order valence-electron chi connectivity index (χ0n) is 9.28. The fourth-order valence-electron chi connectivity index (χ4n) is 1.26. The topological polar surface area (TPSA) is 61.0 Å². The molecule has 100 valence electrons. The summed E-state index contributed by atoms with van der Waals surface area (Å²) in [6.07, 6.45) is -3.26. The van der Waals surface area contributed by atoms with E-state index in [0.29, 0.717) is 0 Å². The predicted octanol–water partition coefficient (Wildman–Crippen LogP) is 3.52. The van der Waals surface area contributed by atoms with Crippen molar-refractivity contribution in [2.45, 2.75) is 6.18 Å². The van der Waals surface area contributed by atoms with E-state index < -0.39 is 11.7 Å². The summed E-state index contributed by atoms with van der Waals surface area (Å²) in [5.41, 5.74) is 4.82. The zero-order valence-corrected chi connectivity index (χ0v) is 10.0. The summed E-state index contributed by atoms with van der Waals surface area (Å²) in [5, 5.41) is 0.0110. The van der Waals surface area contributed by atoms with Crippen LogP contribution in [0.1, 0.15) is 5.56 Å². The zero-order chi connectivity index (χ0) is 14.0. The molecule has 1 heterocycles. The van der Waals surface area contributed by atoms with E-state index in [2.05, 4.69) is 9.97 Å². The summed E-state index contributed by atoms with van der Waals surface area (Å²) in [5.74, 6) is 0.147. The summed E-state index contributed by atoms with van der Waals surface area (Å²) in [7, 11) is 0. The van der Waals surface area contributed by atoms with Gasteiger partial charge in [-0.2, -0.15) is 18.2 Å². The van der Waals surface area contributed by atoms with E-state index in [-0.39, 0.29) is 22.5 Å². The molecule has 0 amide bonds. The van der Waals surface area contributed by atoms with E-state index in [4.69, 9.17) is 22.1 Å². The van der Waals surface area contributed by atoms with Gasteiger partial charge in [-0.25, -0.2) is 4.98 Å². The first kappa shape index (κ1) is 13.4. The molecule has 0 bridgehead atoms. The molecule has 0 saturated carbocycles. The molecule has 0 spiro atoms. The van der Waals surface area contributed by atoms with Crippen molar-refractivity contribution in [2.24, 2.45) is 0 Å². The number of hydrogen-bond acceptors (Lipinski definition) is 4. The van der Waals surface area contributed by atoms with Gasteiger partial charge in [0.1, 0.15) is 17.8 Å². The Morgan fingerprint density at radius 2 is 1.74 bits per heavy atom. The fourth-order valence-corrected chi connectivity index (χ4v) is 1.39. The lowest BCUT2D eigenvalue weighted by molar-refractivity contribution is -0.137. The van der Waals surface area contributed by atoms with Crippen molar-refractivity contribution in [1.82, 2.24) is 9.97 Å². The second-order valence-electron chi connectivity index (χ2n) is 3.51. The van der Waals surface area contributed by atoms with Crippen LogP contribution in [-0.2, 0) is 6.18 Å². The second kappa shape index (κ2) is 4.93. The van der Waals surface area contributed by atoms with Crippen molar-refractivity contribution in [2.75, 3.05) is 5.73 Å². The molecule has 1 aromatic heterocycles. The van der Waals surface area contributed by atoms with Gasteiger partial charge < -0.3 is 10.5 Å². The third-order valence-electron chi connectivity index (χ3n) is 2.19. The molecular weight excluding hydrogens is 283 g/mol. The summed E-state index contributed by atoms with van der Waals surface area (Å²) < 4.78 is 42.3. The Morgan fingerprint density at radius 3 is 2.32 bits per heavy atom. The maximum atomic E-state index is 12.4. The average Bonchev–Trinajstić information content (AvgIpc) is 2.35. The van der Waals surface area contributed by atoms with Crippen LogP contribution in [0.5, 0.6) is 11.6 Å². The van der Waals surface area contributed by atoms with Crippen LogP contribution in [0, 0.1) is 0 Å². The largest absolute Gasteiger partial charge is 0.437 e. The number of nitrogens with zero attached hydrogens (tertiary/aromatic N) is 2. The van der Waals surface area contributed by atoms with E-state index in [0.717, 1.165) is 30.6 Å². The molecule has 0 saturated heterocycles. The van der Waals surface area contributed by atoms with Gasteiger partial charge in [0.05, 0.1) is 5.56 Å². The molecule has 2 aromatic rings. The molecule has 19 heavy (non-hydrogen) atoms. The van der Waals surface area contributed by atoms with Crippen molar-refractivity contribution in [1.29, 1.82) is 0 Å². The van der Waals surface area contributed by atoms with Crippen molar-refractivity contribution in [3.05, 3.63) is 41.3 Å². The van der Waals surface area contributed by atoms with Gasteiger partial charge in [-0.15, -0.1) is 0 Å². The molecule has 0 atom stereocenters. The number of rotatable bonds is 2. The molecule has 0 unspecified atom stereocenters. The first-order chi connectivity index (χ1) is 8.88. The molecule has 1 aromatic carbocycles. The lowest BCUT2D eigenvalue weighted by atomic mass is 10.2. The third kappa shape index (κ3) is 3.05. The molecule has 0 aliphatic rings. The quantitative estimate of drug-likeness (QED) is 0.859. The number of benzene rings is 1. The monoisotopic (exact) mass is 289 g/mol. The molecule has 2 N–H and O–H groups in total. The molecular formula is C11H7ClF3N3O. The lowest BCUT2D eigenvalue weighted by Crippen LogP contribution is -2.04. The van der Waals surface area contributed by atoms with Gasteiger partial charge in [0.2, 0.25) is 5.88 Å². The first-order valence-corrected chi connectivity index (χ1v) is 5.37. The number of nitrogens with two attached hydrogens (primary N) is 1. The van der Waals surface area contributed by atoms with Crippen LogP contribution in [0.4, 0.5) is 18.9 Å². The van der Waals surface area contributed by atoms with Crippen LogP contribution < -0.4 is 10.5 Å². The summed E-state index contributed by atoms with van der Waals surface area (Å²) in [6, 6.07) is 4.12. The molecule has 2 rings (SSSR count). The second-order valence-corrected chi connectivity index (χ2v) is 3.87. The lowest BCUT2D eigenvalue weighted by Gasteiger charge is -2.09. The number of halogens is 4. The molecule has 8 heteroatoms. The van der Waals surface area contributed by atoms with E-state index in [1.807, 2.05) is 0 Å². The Balaban J connectivity index is 2.23. The van der Waals surface area contributed by atoms with Crippen LogP contribution in [-0.4, -0.2) is 9.97 Å². The van der Waals surface area contributed by atoms with Crippen LogP contribution in [0.15, 0.2) is 30.6 Å². The van der Waals surface area contributed by atoms with Gasteiger partial charge >= 0.3 is 6.18 Å². The smallest absolute Gasteiger partial charge is 0.416 e. The van der Waals surface area contributed by atoms with Crippen molar-refractivity contribution < 1.29 is 17.9 Å². The van der Waals surface area contributed by atoms with Crippen molar-refractivity contribution in [3.8, 4) is 11.6 Å². The van der Waals surface area contributed by atoms with E-state index in [9.17, 15) is 13.2 Å². The Morgan fingerprint density at radius 1 is 1.11 bits per heavy atom. The molecule has 4 nitrogen and oxygen atoms in total. The van der Waals surface area contributed by atoms with Gasteiger partial charge in [0.25, 0.3) is 0 Å². The van der Waals surface area contributed by atoms with Gasteiger partial charge in [0, 0.05) is 0 Å². The third-order valence-corrected chi connectivity index (χ3v) is 2.50. The van der Waals surface area contributed by atoms with Crippen LogP contribution in [0.2, 0.25) is 5.15 Å². The Kier molecular flexibility index (Phi) is 3.48. The normalized spacial score (nSPS) is 11.4. The Hall–Kier alpha value is -2.02. The molecule has 0 aliphatic carbocycles. The maximum Gasteiger partial charge on any atom is 0.416 e. The van der Waals surface area contributed by atoms with E-state index in [1.165, 1.54) is 0 Å². The Bertz CT molecular complexity index is 587. The van der Waals surface area contributed by atoms with E-state index >= 15 is 0 Å². The number of anilines is 1. The SMILES string of the molecule is Nc1c(Cl)ncnc1Oc1ccc(C(F)(F)F)cc1. The number of hydrogen-bond donors (Lipinski definition) is 1. The highest BCUT2D eigenvalue weighted by Gasteiger charge is 2.30. The van der Waals surface area contributed by atoms with Gasteiger partial charge in [-0.1, -0.05) is 11.6 Å². The molecule has 0 aliphatic heterocycles. The predicted molar refractivity (Wildman–Crippen MR) is 63.0 cm³/mol. The minimum atomic E-state index is -4.39. The first-order valence-electron chi connectivity index (χ1n) is 4.99. The van der Waals surface area contributed by atoms with Gasteiger partial charge in [-0.05, 0) is 24.3 Å². The van der Waals surface area contributed by atoms with Crippen LogP contribution in [0.3, 0.4) is 0 Å². The number of aromatic nitrogens is 2. The summed E-state index contributed by atoms with van der Waals surface area (Å²) in [4.78, 5) is 7.37. The van der Waals surface area contributed by atoms with Crippen LogP contribution in [0.25, 0.3) is 0 Å².